The van der Waals surface area contributed by atoms with Gasteiger partial charge in [0.15, 0.2) is 0 Å². The second-order valence-corrected chi connectivity index (χ2v) is 15.2. The Balaban J connectivity index is 0.000000171. The Morgan fingerprint density at radius 3 is 0.681 bits per heavy atom. The van der Waals surface area contributed by atoms with Crippen molar-refractivity contribution in [2.45, 2.75) is 13.8 Å². The summed E-state index contributed by atoms with van der Waals surface area (Å²) in [4.78, 5) is 20.0. The van der Waals surface area contributed by atoms with Crippen molar-refractivity contribution in [1.82, 2.24) is 0 Å². The molecule has 0 saturated carbocycles. The summed E-state index contributed by atoms with van der Waals surface area (Å²) < 4.78 is 8.64. The summed E-state index contributed by atoms with van der Waals surface area (Å²) in [5, 5.41) is 8.39. The van der Waals surface area contributed by atoms with Gasteiger partial charge in [0, 0.05) is 0 Å². The third-order valence-corrected chi connectivity index (χ3v) is 12.4. The van der Waals surface area contributed by atoms with Crippen molar-refractivity contribution in [2.24, 2.45) is 0 Å². The second-order valence-electron chi connectivity index (χ2n) is 9.85. The van der Waals surface area contributed by atoms with Crippen LogP contribution >= 0.6 is 15.8 Å². The van der Waals surface area contributed by atoms with E-state index in [4.69, 9.17) is 0 Å². The van der Waals surface area contributed by atoms with Crippen LogP contribution in [0.1, 0.15) is 13.8 Å². The van der Waals surface area contributed by atoms with Crippen molar-refractivity contribution in [3.8, 4) is 0 Å². The van der Waals surface area contributed by atoms with Gasteiger partial charge in [-0.1, -0.05) is 182 Å². The second kappa shape index (κ2) is 20.1. The fourth-order valence-electron chi connectivity index (χ4n) is 4.44. The first-order valence-electron chi connectivity index (χ1n) is 14.9. The Morgan fingerprint density at radius 1 is 0.362 bits per heavy atom. The van der Waals surface area contributed by atoms with Gasteiger partial charge in [0.05, 0.1) is 0 Å². The molecule has 0 N–H and O–H groups in total. The number of carbonyl (C=O) groups is 2. The maximum absolute atomic E-state index is 10.0. The van der Waals surface area contributed by atoms with Crippen LogP contribution in [0.2, 0.25) is 0 Å². The maximum atomic E-state index is 10.0. The van der Waals surface area contributed by atoms with Gasteiger partial charge < -0.3 is 0 Å². The van der Waals surface area contributed by atoms with Crippen LogP contribution in [-0.2, 0) is 35.2 Å². The molecule has 6 aromatic rings. The molecule has 0 aliphatic heterocycles. The molecule has 7 heteroatoms. The molecule has 0 radical (unpaired) electrons. The molecular weight excluding hydrogens is 713 g/mol. The third kappa shape index (κ3) is 12.1. The SMILES string of the molecule is CC(=O)[O][Pd][O]C(C)=O.c1ccc(P(c2ccccc2)c2ccccc2)cc1.c1ccc(P(c2ccccc2)c2ccccc2)cc1. The molecule has 0 spiro atoms. The Hall–Kier alpha value is -4.22. The summed E-state index contributed by atoms with van der Waals surface area (Å²) in [6.07, 6.45) is 0. The Kier molecular flexibility index (Phi) is 15.2. The van der Waals surface area contributed by atoms with E-state index in [9.17, 15) is 9.59 Å². The number of carbonyl (C=O) groups excluding carboxylic acids is 2. The zero-order valence-corrected chi connectivity index (χ0v) is 29.5. The largest absolute Gasteiger partial charge is 0.0622 e. The molecule has 4 nitrogen and oxygen atoms in total. The minimum absolute atomic E-state index is 0.440. The molecule has 0 fully saturated rings. The quantitative estimate of drug-likeness (QED) is 0.126. The van der Waals surface area contributed by atoms with Crippen LogP contribution in [-0.4, -0.2) is 11.9 Å². The standard InChI is InChI=1S/2C18H15P.2C2H4O2.Pd/c2*1-4-10-16(11-5-1)19(17-12-6-2-7-13-17)18-14-8-3-9-15-18;2*1-2(3)4;/h2*1-15H;2*1H3,(H,3,4);/q;;;;+2/p-2. The van der Waals surface area contributed by atoms with E-state index >= 15 is 0 Å². The van der Waals surface area contributed by atoms with Gasteiger partial charge in [0.2, 0.25) is 0 Å². The van der Waals surface area contributed by atoms with Gasteiger partial charge >= 0.3 is 61.0 Å². The molecule has 0 atom stereocenters. The van der Waals surface area contributed by atoms with Crippen molar-refractivity contribution >= 4 is 59.6 Å². The van der Waals surface area contributed by atoms with Crippen molar-refractivity contribution in [3.63, 3.8) is 0 Å². The molecular formula is C40H36O4P2Pd. The number of hydrogen-bond acceptors (Lipinski definition) is 4. The van der Waals surface area contributed by atoms with E-state index in [0.717, 1.165) is 0 Å². The van der Waals surface area contributed by atoms with Gasteiger partial charge in [-0.3, -0.25) is 0 Å². The Bertz CT molecular complexity index is 1420. The molecule has 6 rings (SSSR count). The molecule has 6 aromatic carbocycles. The van der Waals surface area contributed by atoms with E-state index in [1.807, 2.05) is 0 Å². The number of benzene rings is 6. The molecule has 240 valence electrons. The van der Waals surface area contributed by atoms with Gasteiger partial charge in [-0.15, -0.1) is 0 Å². The third-order valence-electron chi connectivity index (χ3n) is 6.32. The fraction of sp³-hybridized carbons (Fsp3) is 0.0500. The van der Waals surface area contributed by atoms with Crippen LogP contribution in [0.4, 0.5) is 0 Å². The maximum Gasteiger partial charge on any atom is -0.0134 e. The number of hydrogen-bond donors (Lipinski definition) is 0. The fourth-order valence-corrected chi connectivity index (χ4v) is 9.48. The van der Waals surface area contributed by atoms with Gasteiger partial charge in [0.1, 0.15) is 0 Å². The monoisotopic (exact) mass is 748 g/mol. The van der Waals surface area contributed by atoms with E-state index in [1.165, 1.54) is 45.7 Å². The minimum Gasteiger partial charge on any atom is -0.0622 e. The number of rotatable bonds is 8. The summed E-state index contributed by atoms with van der Waals surface area (Å²) in [5.74, 6) is -0.879. The van der Waals surface area contributed by atoms with Crippen LogP contribution in [0.5, 0.6) is 0 Å². The van der Waals surface area contributed by atoms with Gasteiger partial charge in [-0.25, -0.2) is 0 Å². The molecule has 0 heterocycles. The van der Waals surface area contributed by atoms with Crippen LogP contribution < -0.4 is 31.8 Å². The molecule has 0 bridgehead atoms. The van der Waals surface area contributed by atoms with E-state index < -0.39 is 46.5 Å². The first kappa shape index (κ1) is 35.6. The molecule has 0 aliphatic rings. The summed E-state index contributed by atoms with van der Waals surface area (Å²) in [5.41, 5.74) is 0. The van der Waals surface area contributed by atoms with Crippen LogP contribution in [0.15, 0.2) is 182 Å². The molecule has 47 heavy (non-hydrogen) atoms. The van der Waals surface area contributed by atoms with Gasteiger partial charge in [-0.05, 0) is 47.7 Å². The van der Waals surface area contributed by atoms with E-state index in [1.54, 1.807) is 0 Å². The van der Waals surface area contributed by atoms with Crippen molar-refractivity contribution < 1.29 is 35.2 Å². The van der Waals surface area contributed by atoms with E-state index in [2.05, 4.69) is 189 Å². The van der Waals surface area contributed by atoms with Crippen molar-refractivity contribution in [3.05, 3.63) is 182 Å². The van der Waals surface area contributed by atoms with Gasteiger partial charge in [0.25, 0.3) is 0 Å². The Labute approximate surface area is 289 Å². The summed E-state index contributed by atoms with van der Waals surface area (Å²) in [6.45, 7) is 2.50. The zero-order chi connectivity index (χ0) is 33.1. The smallest absolute Gasteiger partial charge is 0.0134 e. The molecule has 0 unspecified atom stereocenters. The molecule has 0 aromatic heterocycles. The zero-order valence-electron chi connectivity index (χ0n) is 26.2. The van der Waals surface area contributed by atoms with Crippen LogP contribution in [0.25, 0.3) is 0 Å². The normalized spacial score (nSPS) is 10.2. The van der Waals surface area contributed by atoms with Crippen molar-refractivity contribution in [2.75, 3.05) is 0 Å². The van der Waals surface area contributed by atoms with Crippen LogP contribution in [0, 0.1) is 0 Å². The molecule has 0 saturated heterocycles. The first-order chi connectivity index (χ1) is 23.0. The predicted molar refractivity (Wildman–Crippen MR) is 194 cm³/mol. The summed E-state index contributed by atoms with van der Waals surface area (Å²) in [6, 6.07) is 64.7. The predicted octanol–water partition coefficient (Wildman–Crippen LogP) is 6.91. The Morgan fingerprint density at radius 2 is 0.532 bits per heavy atom. The van der Waals surface area contributed by atoms with Crippen LogP contribution in [0.3, 0.4) is 0 Å². The first-order valence-corrected chi connectivity index (χ1v) is 18.8. The average Bonchev–Trinajstić information content (AvgIpc) is 3.12. The summed E-state index contributed by atoms with van der Waals surface area (Å²) in [7, 11) is -0.892. The average molecular weight is 749 g/mol. The van der Waals surface area contributed by atoms with E-state index in [0.29, 0.717) is 0 Å². The molecule has 0 amide bonds. The summed E-state index contributed by atoms with van der Waals surface area (Å²) >= 11 is -0.681. The topological polar surface area (TPSA) is 52.6 Å². The van der Waals surface area contributed by atoms with Gasteiger partial charge in [-0.2, -0.15) is 0 Å². The molecule has 0 aliphatic carbocycles. The van der Waals surface area contributed by atoms with Crippen molar-refractivity contribution in [1.29, 1.82) is 0 Å². The minimum atomic E-state index is -0.681. The van der Waals surface area contributed by atoms with E-state index in [-0.39, 0.29) is 0 Å².